The largest absolute Gasteiger partial charge is 0.375 e. The van der Waals surface area contributed by atoms with Crippen LogP contribution in [0.5, 0.6) is 0 Å². The quantitative estimate of drug-likeness (QED) is 0.574. The van der Waals surface area contributed by atoms with Gasteiger partial charge in [0.2, 0.25) is 0 Å². The number of para-hydroxylation sites is 1. The summed E-state index contributed by atoms with van der Waals surface area (Å²) >= 11 is 1.50. The number of thiazole rings is 1. The van der Waals surface area contributed by atoms with E-state index in [2.05, 4.69) is 57.5 Å². The molecule has 5 nitrogen and oxygen atoms in total. The topological polar surface area (TPSA) is 70.8 Å². The van der Waals surface area contributed by atoms with E-state index in [0.29, 0.717) is 11.0 Å². The van der Waals surface area contributed by atoms with Crippen LogP contribution in [0, 0.1) is 0 Å². The molecule has 0 aliphatic carbocycles. The maximum Gasteiger partial charge on any atom is 0.182 e. The number of benzene rings is 1. The van der Waals surface area contributed by atoms with Crippen LogP contribution < -0.4 is 5.73 Å². The minimum Gasteiger partial charge on any atom is -0.375 e. The van der Waals surface area contributed by atoms with E-state index in [9.17, 15) is 0 Å². The zero-order valence-corrected chi connectivity index (χ0v) is 15.3. The van der Waals surface area contributed by atoms with Gasteiger partial charge in [-0.2, -0.15) is 0 Å². The number of likely N-dealkylation sites (tertiary alicyclic amines) is 1. The van der Waals surface area contributed by atoms with Gasteiger partial charge >= 0.3 is 0 Å². The Morgan fingerprint density at radius 2 is 1.96 bits per heavy atom. The molecule has 0 amide bonds. The third kappa shape index (κ3) is 2.85. The van der Waals surface area contributed by atoms with Crippen LogP contribution in [0.15, 0.2) is 42.6 Å². The zero-order chi connectivity index (χ0) is 17.5. The predicted molar refractivity (Wildman–Crippen MR) is 107 cm³/mol. The van der Waals surface area contributed by atoms with Crippen molar-refractivity contribution >= 4 is 37.7 Å². The molecule has 5 rings (SSSR count). The summed E-state index contributed by atoms with van der Waals surface area (Å²) in [6.45, 7) is 3.21. The number of aromatic amines is 1. The molecule has 4 aromatic rings. The highest BCUT2D eigenvalue weighted by Gasteiger charge is 2.22. The van der Waals surface area contributed by atoms with Crippen LogP contribution in [0.2, 0.25) is 0 Å². The first kappa shape index (κ1) is 15.8. The number of nitrogens with one attached hydrogen (secondary N) is 1. The lowest BCUT2D eigenvalue weighted by Crippen LogP contribution is -2.32. The Morgan fingerprint density at radius 1 is 1.12 bits per heavy atom. The third-order valence-electron chi connectivity index (χ3n) is 5.37. The lowest BCUT2D eigenvalue weighted by atomic mass is 9.93. The van der Waals surface area contributed by atoms with Crippen molar-refractivity contribution in [1.29, 1.82) is 0 Å². The minimum absolute atomic E-state index is 0.515. The molecule has 1 aliphatic heterocycles. The number of hydrogen-bond donors (Lipinski definition) is 2. The fourth-order valence-electron chi connectivity index (χ4n) is 3.97. The highest BCUT2D eigenvalue weighted by atomic mass is 32.1. The molecule has 1 fully saturated rings. The van der Waals surface area contributed by atoms with Gasteiger partial charge in [0, 0.05) is 35.3 Å². The molecule has 0 unspecified atom stereocenters. The molecule has 0 bridgehead atoms. The van der Waals surface area contributed by atoms with Gasteiger partial charge in [0.15, 0.2) is 10.8 Å². The number of nitrogens with zero attached hydrogens (tertiary/aromatic N) is 3. The average molecular weight is 363 g/mol. The molecule has 132 valence electrons. The number of H-pyrrole nitrogens is 1. The van der Waals surface area contributed by atoms with Gasteiger partial charge in [0.25, 0.3) is 0 Å². The molecular formula is C20H21N5S. The van der Waals surface area contributed by atoms with E-state index >= 15 is 0 Å². The van der Waals surface area contributed by atoms with E-state index in [0.717, 1.165) is 48.5 Å². The molecule has 26 heavy (non-hydrogen) atoms. The van der Waals surface area contributed by atoms with Crippen molar-refractivity contribution in [1.82, 2.24) is 19.9 Å². The highest BCUT2D eigenvalue weighted by molar-refractivity contribution is 7.21. The van der Waals surface area contributed by atoms with Gasteiger partial charge in [-0.15, -0.1) is 0 Å². The predicted octanol–water partition coefficient (Wildman–Crippen LogP) is 4.13. The fourth-order valence-corrected chi connectivity index (χ4v) is 4.64. The Hall–Kier alpha value is -2.44. The Balaban J connectivity index is 1.28. The second-order valence-corrected chi connectivity index (χ2v) is 8.08. The van der Waals surface area contributed by atoms with Crippen LogP contribution >= 0.6 is 11.3 Å². The van der Waals surface area contributed by atoms with E-state index in [1.807, 2.05) is 0 Å². The second-order valence-electron chi connectivity index (χ2n) is 7.02. The third-order valence-corrected chi connectivity index (χ3v) is 6.21. The number of pyridine rings is 1. The minimum atomic E-state index is 0.515. The van der Waals surface area contributed by atoms with Crippen molar-refractivity contribution in [3.8, 4) is 0 Å². The summed E-state index contributed by atoms with van der Waals surface area (Å²) in [6.07, 6.45) is 4.43. The lowest BCUT2D eigenvalue weighted by Gasteiger charge is -2.31. The highest BCUT2D eigenvalue weighted by Crippen LogP contribution is 2.31. The number of nitrogens with two attached hydrogens (primary N) is 1. The molecule has 0 saturated carbocycles. The van der Waals surface area contributed by atoms with Gasteiger partial charge in [0.05, 0.1) is 4.70 Å². The molecule has 1 aromatic carbocycles. The summed E-state index contributed by atoms with van der Waals surface area (Å²) in [5, 5.41) is 1.93. The molecule has 3 aromatic heterocycles. The lowest BCUT2D eigenvalue weighted by molar-refractivity contribution is 0.204. The Labute approximate surface area is 155 Å². The molecule has 0 radical (unpaired) electrons. The van der Waals surface area contributed by atoms with Crippen molar-refractivity contribution in [3.63, 3.8) is 0 Å². The fraction of sp³-hybridized carbons (Fsp3) is 0.300. The number of aromatic nitrogens is 3. The standard InChI is InChI=1S/C20H21N5S/c21-20-24-19-18(26-20)6-5-16(23-19)13-7-9-25(10-8-13)12-14-11-22-17-4-2-1-3-15(14)17/h1-6,11,13,22H,7-10,12H2,(H2,21,23,24). The molecule has 0 spiro atoms. The number of piperidine rings is 1. The van der Waals surface area contributed by atoms with Gasteiger partial charge in [0.1, 0.15) is 0 Å². The van der Waals surface area contributed by atoms with Crippen LogP contribution in [-0.2, 0) is 6.54 Å². The Morgan fingerprint density at radius 3 is 2.85 bits per heavy atom. The number of fused-ring (bicyclic) bond motifs is 2. The summed E-state index contributed by atoms with van der Waals surface area (Å²) in [7, 11) is 0. The van der Waals surface area contributed by atoms with Crippen molar-refractivity contribution in [2.75, 3.05) is 18.8 Å². The van der Waals surface area contributed by atoms with E-state index in [4.69, 9.17) is 10.7 Å². The first-order valence-corrected chi connectivity index (χ1v) is 9.88. The van der Waals surface area contributed by atoms with Crippen LogP contribution in [0.4, 0.5) is 5.13 Å². The average Bonchev–Trinajstić information content (AvgIpc) is 3.24. The summed E-state index contributed by atoms with van der Waals surface area (Å²) in [5.74, 6) is 0.515. The monoisotopic (exact) mass is 363 g/mol. The molecule has 6 heteroatoms. The maximum absolute atomic E-state index is 5.80. The van der Waals surface area contributed by atoms with E-state index < -0.39 is 0 Å². The van der Waals surface area contributed by atoms with Crippen LogP contribution in [0.25, 0.3) is 21.3 Å². The summed E-state index contributed by atoms with van der Waals surface area (Å²) < 4.78 is 1.07. The normalized spacial score (nSPS) is 16.6. The van der Waals surface area contributed by atoms with Crippen molar-refractivity contribution in [3.05, 3.63) is 53.9 Å². The molecule has 1 saturated heterocycles. The van der Waals surface area contributed by atoms with E-state index in [1.165, 1.54) is 27.8 Å². The number of hydrogen-bond acceptors (Lipinski definition) is 5. The Kier molecular flexibility index (Phi) is 3.87. The van der Waals surface area contributed by atoms with E-state index in [1.54, 1.807) is 0 Å². The van der Waals surface area contributed by atoms with Gasteiger partial charge in [-0.3, -0.25) is 4.90 Å². The SMILES string of the molecule is Nc1nc2nc(C3CCN(Cc4c[nH]c5ccccc45)CC3)ccc2s1. The van der Waals surface area contributed by atoms with Crippen molar-refractivity contribution in [2.45, 2.75) is 25.3 Å². The van der Waals surface area contributed by atoms with Gasteiger partial charge in [-0.25, -0.2) is 9.97 Å². The smallest absolute Gasteiger partial charge is 0.182 e. The van der Waals surface area contributed by atoms with Crippen LogP contribution in [0.1, 0.15) is 30.0 Å². The summed E-state index contributed by atoms with van der Waals surface area (Å²) in [5.41, 5.74) is 10.4. The zero-order valence-electron chi connectivity index (χ0n) is 14.5. The van der Waals surface area contributed by atoms with Crippen LogP contribution in [-0.4, -0.2) is 32.9 Å². The number of rotatable bonds is 3. The first-order valence-electron chi connectivity index (χ1n) is 9.06. The first-order chi connectivity index (χ1) is 12.8. The number of anilines is 1. The molecule has 0 atom stereocenters. The summed E-state index contributed by atoms with van der Waals surface area (Å²) in [6, 6.07) is 12.8. The molecule has 3 N–H and O–H groups in total. The van der Waals surface area contributed by atoms with Crippen molar-refractivity contribution in [2.24, 2.45) is 0 Å². The van der Waals surface area contributed by atoms with Gasteiger partial charge in [-0.05, 0) is 49.7 Å². The Bertz CT molecular complexity index is 1060. The maximum atomic E-state index is 5.80. The molecule has 4 heterocycles. The molecular weight excluding hydrogens is 342 g/mol. The van der Waals surface area contributed by atoms with Gasteiger partial charge in [-0.1, -0.05) is 29.5 Å². The second kappa shape index (κ2) is 6.37. The van der Waals surface area contributed by atoms with E-state index in [-0.39, 0.29) is 0 Å². The summed E-state index contributed by atoms with van der Waals surface area (Å²) in [4.78, 5) is 15.0. The number of nitrogen functional groups attached to an aromatic ring is 1. The van der Waals surface area contributed by atoms with Crippen molar-refractivity contribution < 1.29 is 0 Å². The van der Waals surface area contributed by atoms with Gasteiger partial charge < -0.3 is 10.7 Å². The van der Waals surface area contributed by atoms with Crippen LogP contribution in [0.3, 0.4) is 0 Å². The molecule has 1 aliphatic rings.